The smallest absolute Gasteiger partial charge is 0.255 e. The highest BCUT2D eigenvalue weighted by atomic mass is 16.1. The van der Waals surface area contributed by atoms with E-state index < -0.39 is 0 Å². The van der Waals surface area contributed by atoms with Crippen LogP contribution in [0.1, 0.15) is 22.8 Å². The Morgan fingerprint density at radius 1 is 1.00 bits per heavy atom. The molecule has 0 unspecified atom stereocenters. The Morgan fingerprint density at radius 2 is 1.74 bits per heavy atom. The van der Waals surface area contributed by atoms with Gasteiger partial charge in [-0.05, 0) is 36.8 Å². The Morgan fingerprint density at radius 3 is 2.42 bits per heavy atom. The van der Waals surface area contributed by atoms with Crippen LogP contribution in [0.3, 0.4) is 0 Å². The van der Waals surface area contributed by atoms with E-state index in [0.717, 1.165) is 11.3 Å². The van der Waals surface area contributed by atoms with Crippen LogP contribution >= 0.6 is 0 Å². The first-order chi connectivity index (χ1) is 9.15. The van der Waals surface area contributed by atoms with Gasteiger partial charge in [0.1, 0.15) is 5.78 Å². The van der Waals surface area contributed by atoms with Crippen molar-refractivity contribution in [2.45, 2.75) is 13.3 Å². The summed E-state index contributed by atoms with van der Waals surface area (Å²) in [7, 11) is 0. The Balaban J connectivity index is 2.13. The zero-order valence-electron chi connectivity index (χ0n) is 10.7. The van der Waals surface area contributed by atoms with Gasteiger partial charge in [0.15, 0.2) is 0 Å². The highest BCUT2D eigenvalue weighted by Crippen LogP contribution is 2.11. The first kappa shape index (κ1) is 13.0. The van der Waals surface area contributed by atoms with E-state index in [4.69, 9.17) is 0 Å². The molecule has 0 aliphatic carbocycles. The summed E-state index contributed by atoms with van der Waals surface area (Å²) < 4.78 is 0. The third kappa shape index (κ3) is 3.78. The minimum atomic E-state index is -0.170. The molecule has 1 N–H and O–H groups in total. The number of nitrogens with one attached hydrogen (secondary N) is 1. The zero-order valence-corrected chi connectivity index (χ0v) is 10.7. The van der Waals surface area contributed by atoms with Crippen LogP contribution in [0.4, 0.5) is 5.69 Å². The van der Waals surface area contributed by atoms with Crippen LogP contribution in [0.2, 0.25) is 0 Å². The fourth-order valence-electron chi connectivity index (χ4n) is 1.83. The Bertz CT molecular complexity index is 591. The van der Waals surface area contributed by atoms with Gasteiger partial charge in [-0.25, -0.2) is 0 Å². The van der Waals surface area contributed by atoms with Crippen LogP contribution in [-0.4, -0.2) is 11.7 Å². The van der Waals surface area contributed by atoms with Crippen molar-refractivity contribution in [3.05, 3.63) is 65.7 Å². The number of Topliss-reactive ketones (excluding diaryl/α,β-unsaturated/α-hetero) is 1. The monoisotopic (exact) mass is 253 g/mol. The Hall–Kier alpha value is -2.42. The van der Waals surface area contributed by atoms with Gasteiger partial charge in [0.05, 0.1) is 0 Å². The summed E-state index contributed by atoms with van der Waals surface area (Å²) in [6.45, 7) is 1.54. The molecule has 3 nitrogen and oxygen atoms in total. The molecule has 1 amide bonds. The highest BCUT2D eigenvalue weighted by Gasteiger charge is 2.07. The van der Waals surface area contributed by atoms with Crippen molar-refractivity contribution in [3.8, 4) is 0 Å². The molecule has 0 saturated heterocycles. The molecule has 2 aromatic carbocycles. The lowest BCUT2D eigenvalue weighted by Crippen LogP contribution is -2.12. The third-order valence-corrected chi connectivity index (χ3v) is 2.67. The zero-order chi connectivity index (χ0) is 13.7. The molecule has 3 heteroatoms. The van der Waals surface area contributed by atoms with Gasteiger partial charge in [-0.2, -0.15) is 0 Å². The van der Waals surface area contributed by atoms with Crippen LogP contribution in [0, 0.1) is 0 Å². The molecule has 2 rings (SSSR count). The summed E-state index contributed by atoms with van der Waals surface area (Å²) in [4.78, 5) is 23.1. The number of carbonyl (C=O) groups excluding carboxylic acids is 2. The van der Waals surface area contributed by atoms with Crippen molar-refractivity contribution >= 4 is 17.4 Å². The summed E-state index contributed by atoms with van der Waals surface area (Å²) >= 11 is 0. The molecule has 0 fully saturated rings. The van der Waals surface area contributed by atoms with Gasteiger partial charge in [-0.15, -0.1) is 0 Å². The number of ketones is 1. The molecule has 96 valence electrons. The topological polar surface area (TPSA) is 46.2 Å². The quantitative estimate of drug-likeness (QED) is 0.910. The summed E-state index contributed by atoms with van der Waals surface area (Å²) in [5, 5.41) is 2.81. The maximum absolute atomic E-state index is 12.1. The number of carbonyl (C=O) groups is 2. The fraction of sp³-hybridized carbons (Fsp3) is 0.125. The molecule has 0 aliphatic heterocycles. The number of anilines is 1. The molecule has 19 heavy (non-hydrogen) atoms. The van der Waals surface area contributed by atoms with Gasteiger partial charge in [0, 0.05) is 17.7 Å². The largest absolute Gasteiger partial charge is 0.322 e. The van der Waals surface area contributed by atoms with Crippen LogP contribution in [0.15, 0.2) is 54.6 Å². The predicted octanol–water partition coefficient (Wildman–Crippen LogP) is 3.07. The lowest BCUT2D eigenvalue weighted by Gasteiger charge is -2.06. The van der Waals surface area contributed by atoms with E-state index in [0.29, 0.717) is 12.0 Å². The summed E-state index contributed by atoms with van der Waals surface area (Å²) in [6, 6.07) is 16.4. The van der Waals surface area contributed by atoms with Gasteiger partial charge < -0.3 is 5.32 Å². The molecule has 0 atom stereocenters. The molecule has 0 radical (unpaired) electrons. The summed E-state index contributed by atoms with van der Waals surface area (Å²) in [6.07, 6.45) is 0.354. The second-order valence-corrected chi connectivity index (χ2v) is 4.40. The minimum Gasteiger partial charge on any atom is -0.322 e. The maximum Gasteiger partial charge on any atom is 0.255 e. The molecule has 0 heterocycles. The fourth-order valence-corrected chi connectivity index (χ4v) is 1.83. The molecule has 0 spiro atoms. The molecule has 0 bridgehead atoms. The van der Waals surface area contributed by atoms with E-state index in [1.54, 1.807) is 18.2 Å². The molecule has 0 aromatic heterocycles. The van der Waals surface area contributed by atoms with Crippen molar-refractivity contribution in [2.75, 3.05) is 5.32 Å². The Labute approximate surface area is 112 Å². The number of para-hydroxylation sites is 1. The maximum atomic E-state index is 12.1. The van der Waals surface area contributed by atoms with E-state index in [1.165, 1.54) is 6.92 Å². The molecular formula is C16H15NO2. The van der Waals surface area contributed by atoms with Crippen LogP contribution in [0.5, 0.6) is 0 Å². The van der Waals surface area contributed by atoms with Gasteiger partial charge in [-0.3, -0.25) is 9.59 Å². The van der Waals surface area contributed by atoms with Crippen molar-refractivity contribution in [2.24, 2.45) is 0 Å². The number of rotatable bonds is 4. The van der Waals surface area contributed by atoms with Gasteiger partial charge >= 0.3 is 0 Å². The lowest BCUT2D eigenvalue weighted by atomic mass is 10.1. The van der Waals surface area contributed by atoms with Crippen molar-refractivity contribution in [3.63, 3.8) is 0 Å². The van der Waals surface area contributed by atoms with E-state index >= 15 is 0 Å². The van der Waals surface area contributed by atoms with E-state index in [1.807, 2.05) is 36.4 Å². The minimum absolute atomic E-state index is 0.0839. The average Bonchev–Trinajstić information content (AvgIpc) is 2.39. The predicted molar refractivity (Wildman–Crippen MR) is 75.2 cm³/mol. The number of amides is 1. The normalized spacial score (nSPS) is 9.95. The second-order valence-electron chi connectivity index (χ2n) is 4.40. The van der Waals surface area contributed by atoms with Crippen molar-refractivity contribution in [1.29, 1.82) is 0 Å². The summed E-state index contributed by atoms with van der Waals surface area (Å²) in [5.74, 6) is -0.0859. The first-order valence-electron chi connectivity index (χ1n) is 6.10. The van der Waals surface area contributed by atoms with Crippen LogP contribution < -0.4 is 5.32 Å². The van der Waals surface area contributed by atoms with Gasteiger partial charge in [-0.1, -0.05) is 30.3 Å². The first-order valence-corrected chi connectivity index (χ1v) is 6.10. The Kier molecular flexibility index (Phi) is 4.08. The number of benzene rings is 2. The van der Waals surface area contributed by atoms with Gasteiger partial charge in [0.2, 0.25) is 0 Å². The van der Waals surface area contributed by atoms with Gasteiger partial charge in [0.25, 0.3) is 5.91 Å². The SMILES string of the molecule is CC(=O)Cc1cccc(C(=O)Nc2ccccc2)c1. The van der Waals surface area contributed by atoms with Crippen LogP contribution in [0.25, 0.3) is 0 Å². The summed E-state index contributed by atoms with van der Waals surface area (Å²) in [5.41, 5.74) is 2.17. The molecule has 0 saturated carbocycles. The third-order valence-electron chi connectivity index (χ3n) is 2.67. The molecule has 2 aromatic rings. The van der Waals surface area contributed by atoms with E-state index in [-0.39, 0.29) is 11.7 Å². The van der Waals surface area contributed by atoms with Crippen molar-refractivity contribution in [1.82, 2.24) is 0 Å². The number of hydrogen-bond donors (Lipinski definition) is 1. The molecule has 0 aliphatic rings. The average molecular weight is 253 g/mol. The highest BCUT2D eigenvalue weighted by molar-refractivity contribution is 6.04. The van der Waals surface area contributed by atoms with Crippen molar-refractivity contribution < 1.29 is 9.59 Å². The van der Waals surface area contributed by atoms with E-state index in [2.05, 4.69) is 5.32 Å². The second kappa shape index (κ2) is 5.96. The van der Waals surface area contributed by atoms with E-state index in [9.17, 15) is 9.59 Å². The van der Waals surface area contributed by atoms with Crippen LogP contribution in [-0.2, 0) is 11.2 Å². The number of hydrogen-bond acceptors (Lipinski definition) is 2. The standard InChI is InChI=1S/C16H15NO2/c1-12(18)10-13-6-5-7-14(11-13)16(19)17-15-8-3-2-4-9-15/h2-9,11H,10H2,1H3,(H,17,19). The molecular weight excluding hydrogens is 238 g/mol. The lowest BCUT2D eigenvalue weighted by molar-refractivity contribution is -0.116.